The number of amides is 1. The van der Waals surface area contributed by atoms with Crippen molar-refractivity contribution in [2.45, 2.75) is 25.3 Å². The predicted octanol–water partition coefficient (Wildman–Crippen LogP) is 2.30. The first-order chi connectivity index (χ1) is 9.83. The molecule has 2 aliphatic rings. The Labute approximate surface area is 120 Å². The van der Waals surface area contributed by atoms with E-state index < -0.39 is 0 Å². The van der Waals surface area contributed by atoms with Gasteiger partial charge in [-0.1, -0.05) is 30.3 Å². The van der Waals surface area contributed by atoms with Gasteiger partial charge in [-0.3, -0.25) is 4.79 Å². The lowest BCUT2D eigenvalue weighted by Crippen LogP contribution is -2.53. The maximum Gasteiger partial charge on any atom is 0.246 e. The summed E-state index contributed by atoms with van der Waals surface area (Å²) in [4.78, 5) is 14.3. The zero-order chi connectivity index (χ0) is 13.8. The van der Waals surface area contributed by atoms with Crippen LogP contribution in [0.1, 0.15) is 24.8 Å². The molecule has 1 aromatic rings. The largest absolute Gasteiger partial charge is 0.339 e. The highest BCUT2D eigenvalue weighted by Gasteiger charge is 2.32. The second-order valence-corrected chi connectivity index (χ2v) is 5.78. The number of nitrogens with zero attached hydrogens (tertiary/aromatic N) is 1. The van der Waals surface area contributed by atoms with Crippen LogP contribution in [0.3, 0.4) is 0 Å². The number of benzene rings is 1. The van der Waals surface area contributed by atoms with E-state index in [1.807, 2.05) is 41.3 Å². The predicted molar refractivity (Wildman–Crippen MR) is 81.2 cm³/mol. The Morgan fingerprint density at radius 1 is 1.25 bits per heavy atom. The third kappa shape index (κ3) is 3.10. The Morgan fingerprint density at radius 2 is 2.10 bits per heavy atom. The van der Waals surface area contributed by atoms with Crippen molar-refractivity contribution in [3.63, 3.8) is 0 Å². The summed E-state index contributed by atoms with van der Waals surface area (Å²) in [6.07, 6.45) is 7.21. The summed E-state index contributed by atoms with van der Waals surface area (Å²) in [7, 11) is 0. The molecule has 3 heteroatoms. The van der Waals surface area contributed by atoms with Gasteiger partial charge >= 0.3 is 0 Å². The first-order valence-corrected chi connectivity index (χ1v) is 7.58. The fourth-order valence-electron chi connectivity index (χ4n) is 3.28. The molecule has 0 saturated carbocycles. The first kappa shape index (κ1) is 13.4. The van der Waals surface area contributed by atoms with Crippen molar-refractivity contribution in [2.75, 3.05) is 19.6 Å². The topological polar surface area (TPSA) is 32.3 Å². The Kier molecular flexibility index (Phi) is 4.16. The van der Waals surface area contributed by atoms with E-state index in [1.165, 1.54) is 12.8 Å². The molecule has 0 spiro atoms. The normalized spacial score (nSPS) is 26.5. The average Bonchev–Trinajstić information content (AvgIpc) is 2.53. The molecule has 2 saturated heterocycles. The van der Waals surface area contributed by atoms with E-state index in [2.05, 4.69) is 5.32 Å². The van der Waals surface area contributed by atoms with Gasteiger partial charge in [-0.15, -0.1) is 0 Å². The molecule has 3 nitrogen and oxygen atoms in total. The van der Waals surface area contributed by atoms with Crippen molar-refractivity contribution in [3.05, 3.63) is 42.0 Å². The molecule has 0 bridgehead atoms. The molecule has 2 aliphatic heterocycles. The number of hydrogen-bond donors (Lipinski definition) is 1. The summed E-state index contributed by atoms with van der Waals surface area (Å²) in [5.41, 5.74) is 1.08. The van der Waals surface area contributed by atoms with Crippen LogP contribution in [-0.4, -0.2) is 36.5 Å². The molecule has 20 heavy (non-hydrogen) atoms. The minimum Gasteiger partial charge on any atom is -0.339 e. The van der Waals surface area contributed by atoms with Crippen molar-refractivity contribution in [2.24, 2.45) is 5.92 Å². The first-order valence-electron chi connectivity index (χ1n) is 7.58. The molecule has 1 amide bonds. The van der Waals surface area contributed by atoms with Crippen LogP contribution in [0.2, 0.25) is 0 Å². The van der Waals surface area contributed by atoms with Gasteiger partial charge in [0.25, 0.3) is 0 Å². The average molecular weight is 270 g/mol. The summed E-state index contributed by atoms with van der Waals surface area (Å²) in [5.74, 6) is 0.796. The van der Waals surface area contributed by atoms with Gasteiger partial charge in [0.05, 0.1) is 0 Å². The van der Waals surface area contributed by atoms with Crippen LogP contribution in [0.25, 0.3) is 6.08 Å². The fourth-order valence-corrected chi connectivity index (χ4v) is 3.28. The minimum absolute atomic E-state index is 0.151. The summed E-state index contributed by atoms with van der Waals surface area (Å²) < 4.78 is 0. The number of likely N-dealkylation sites (tertiary alicyclic amines) is 1. The molecule has 2 fully saturated rings. The lowest BCUT2D eigenvalue weighted by molar-refractivity contribution is -0.128. The van der Waals surface area contributed by atoms with Crippen LogP contribution in [0.4, 0.5) is 0 Å². The van der Waals surface area contributed by atoms with E-state index in [4.69, 9.17) is 0 Å². The van der Waals surface area contributed by atoms with Crippen molar-refractivity contribution < 1.29 is 4.79 Å². The Hall–Kier alpha value is -1.61. The molecule has 1 N–H and O–H groups in total. The standard InChI is InChI=1S/C17H22N2O/c20-17(9-8-14-5-2-1-3-6-14)19-12-10-16-15(13-19)7-4-11-18-16/h1-3,5-6,8-9,15-16,18H,4,7,10-13H2/b9-8+/t15-,16+/m1/s1. The van der Waals surface area contributed by atoms with Gasteiger partial charge in [0.1, 0.15) is 0 Å². The number of fused-ring (bicyclic) bond motifs is 1. The maximum atomic E-state index is 12.3. The van der Waals surface area contributed by atoms with Crippen molar-refractivity contribution in [1.82, 2.24) is 10.2 Å². The summed E-state index contributed by atoms with van der Waals surface area (Å²) in [6, 6.07) is 10.6. The van der Waals surface area contributed by atoms with E-state index in [0.717, 1.165) is 31.6 Å². The Balaban J connectivity index is 1.59. The van der Waals surface area contributed by atoms with Gasteiger partial charge in [-0.25, -0.2) is 0 Å². The highest BCUT2D eigenvalue weighted by molar-refractivity contribution is 5.91. The molecule has 0 aromatic heterocycles. The van der Waals surface area contributed by atoms with Crippen molar-refractivity contribution >= 4 is 12.0 Å². The lowest BCUT2D eigenvalue weighted by Gasteiger charge is -2.41. The van der Waals surface area contributed by atoms with Crippen molar-refractivity contribution in [3.8, 4) is 0 Å². The molecule has 3 rings (SSSR count). The molecule has 1 aromatic carbocycles. The zero-order valence-corrected chi connectivity index (χ0v) is 11.8. The zero-order valence-electron chi connectivity index (χ0n) is 11.8. The van der Waals surface area contributed by atoms with Gasteiger partial charge in [0.15, 0.2) is 0 Å². The molecule has 0 aliphatic carbocycles. The van der Waals surface area contributed by atoms with Gasteiger partial charge in [0.2, 0.25) is 5.91 Å². The number of rotatable bonds is 2. The number of nitrogens with one attached hydrogen (secondary N) is 1. The summed E-state index contributed by atoms with van der Waals surface area (Å²) in [5, 5.41) is 3.58. The van der Waals surface area contributed by atoms with Crippen LogP contribution >= 0.6 is 0 Å². The lowest BCUT2D eigenvalue weighted by atomic mass is 9.85. The Bertz CT molecular complexity index is 483. The number of hydrogen-bond acceptors (Lipinski definition) is 2. The summed E-state index contributed by atoms with van der Waals surface area (Å²) in [6.45, 7) is 2.94. The highest BCUT2D eigenvalue weighted by Crippen LogP contribution is 2.24. The highest BCUT2D eigenvalue weighted by atomic mass is 16.2. The van der Waals surface area contributed by atoms with E-state index in [-0.39, 0.29) is 5.91 Å². The second kappa shape index (κ2) is 6.23. The molecule has 0 unspecified atom stereocenters. The molecule has 106 valence electrons. The Morgan fingerprint density at radius 3 is 2.95 bits per heavy atom. The smallest absolute Gasteiger partial charge is 0.246 e. The van der Waals surface area contributed by atoms with Gasteiger partial charge in [0, 0.05) is 25.2 Å². The number of carbonyl (C=O) groups is 1. The van der Waals surface area contributed by atoms with Gasteiger partial charge in [-0.2, -0.15) is 0 Å². The van der Waals surface area contributed by atoms with E-state index >= 15 is 0 Å². The van der Waals surface area contributed by atoms with E-state index in [0.29, 0.717) is 12.0 Å². The summed E-state index contributed by atoms with van der Waals surface area (Å²) >= 11 is 0. The molecular weight excluding hydrogens is 248 g/mol. The monoisotopic (exact) mass is 270 g/mol. The van der Waals surface area contributed by atoms with Crippen LogP contribution in [0, 0.1) is 5.92 Å². The van der Waals surface area contributed by atoms with Crippen molar-refractivity contribution in [1.29, 1.82) is 0 Å². The van der Waals surface area contributed by atoms with Gasteiger partial charge < -0.3 is 10.2 Å². The third-order valence-electron chi connectivity index (χ3n) is 4.42. The van der Waals surface area contributed by atoms with Crippen LogP contribution in [-0.2, 0) is 4.79 Å². The third-order valence-corrected chi connectivity index (χ3v) is 4.42. The number of carbonyl (C=O) groups excluding carboxylic acids is 1. The number of piperidine rings is 2. The van der Waals surface area contributed by atoms with Crippen LogP contribution < -0.4 is 5.32 Å². The quantitative estimate of drug-likeness (QED) is 0.836. The van der Waals surface area contributed by atoms with E-state index in [9.17, 15) is 4.79 Å². The minimum atomic E-state index is 0.151. The SMILES string of the molecule is O=C(/C=C/c1ccccc1)N1CC[C@@H]2NCCC[C@@H]2C1. The maximum absolute atomic E-state index is 12.3. The second-order valence-electron chi connectivity index (χ2n) is 5.78. The molecular formula is C17H22N2O. The molecule has 2 atom stereocenters. The molecule has 0 radical (unpaired) electrons. The molecule has 2 heterocycles. The van der Waals surface area contributed by atoms with Crippen LogP contribution in [0.15, 0.2) is 36.4 Å². The van der Waals surface area contributed by atoms with E-state index in [1.54, 1.807) is 6.08 Å². The fraction of sp³-hybridized carbons (Fsp3) is 0.471. The van der Waals surface area contributed by atoms with Gasteiger partial charge in [-0.05, 0) is 43.4 Å². The van der Waals surface area contributed by atoms with Crippen LogP contribution in [0.5, 0.6) is 0 Å².